The molecule has 1 aliphatic carbocycles. The van der Waals surface area contributed by atoms with Crippen molar-refractivity contribution in [1.82, 2.24) is 10.2 Å². The Balaban J connectivity index is 1.71. The Morgan fingerprint density at radius 2 is 2.18 bits per heavy atom. The molecule has 0 amide bonds. The van der Waals surface area contributed by atoms with Crippen LogP contribution >= 0.6 is 0 Å². The molecule has 1 aliphatic rings. The molecule has 1 N–H and O–H groups in total. The number of rotatable bonds is 7. The van der Waals surface area contributed by atoms with Crippen LogP contribution in [-0.2, 0) is 0 Å². The van der Waals surface area contributed by atoms with E-state index in [4.69, 9.17) is 4.42 Å². The molecule has 1 heterocycles. The lowest BCUT2D eigenvalue weighted by Crippen LogP contribution is -2.39. The van der Waals surface area contributed by atoms with Crippen LogP contribution in [0, 0.1) is 0 Å². The minimum Gasteiger partial charge on any atom is -0.468 e. The number of furan rings is 1. The van der Waals surface area contributed by atoms with Crippen molar-refractivity contribution in [3.8, 4) is 0 Å². The van der Waals surface area contributed by atoms with Gasteiger partial charge in [0.1, 0.15) is 5.76 Å². The van der Waals surface area contributed by atoms with Crippen molar-refractivity contribution in [2.45, 2.75) is 51.7 Å². The number of nitrogens with zero attached hydrogens (tertiary/aromatic N) is 1. The van der Waals surface area contributed by atoms with E-state index in [0.29, 0.717) is 12.1 Å². The molecule has 2 rings (SSSR count). The van der Waals surface area contributed by atoms with Gasteiger partial charge in [-0.2, -0.15) is 0 Å². The first kappa shape index (κ1) is 12.7. The summed E-state index contributed by atoms with van der Waals surface area (Å²) in [6.45, 7) is 8.88. The van der Waals surface area contributed by atoms with Gasteiger partial charge in [0.05, 0.1) is 12.3 Å². The van der Waals surface area contributed by atoms with Gasteiger partial charge in [-0.25, -0.2) is 0 Å². The highest BCUT2D eigenvalue weighted by molar-refractivity contribution is 5.02. The van der Waals surface area contributed by atoms with E-state index in [1.807, 2.05) is 12.1 Å². The van der Waals surface area contributed by atoms with Crippen LogP contribution in [0.25, 0.3) is 0 Å². The maximum Gasteiger partial charge on any atom is 0.120 e. The first-order valence-corrected chi connectivity index (χ1v) is 6.71. The molecule has 96 valence electrons. The quantitative estimate of drug-likeness (QED) is 0.789. The molecule has 0 saturated heterocycles. The fourth-order valence-corrected chi connectivity index (χ4v) is 2.32. The standard InChI is InChI=1S/C14H24N2O/c1-11(2)16(13-6-7-13)9-8-15-12(3)14-5-4-10-17-14/h4-5,10-13,15H,6-9H2,1-3H3. The van der Waals surface area contributed by atoms with Crippen LogP contribution in [0.3, 0.4) is 0 Å². The first-order valence-electron chi connectivity index (χ1n) is 6.71. The Bertz CT molecular complexity index is 315. The summed E-state index contributed by atoms with van der Waals surface area (Å²) in [6.07, 6.45) is 4.50. The SMILES string of the molecule is CC(NCCN(C(C)C)C1CC1)c1ccco1. The van der Waals surface area contributed by atoms with Crippen LogP contribution in [0.2, 0.25) is 0 Å². The Labute approximate surface area is 104 Å². The molecule has 0 aromatic carbocycles. The van der Waals surface area contributed by atoms with Gasteiger partial charge in [0.2, 0.25) is 0 Å². The van der Waals surface area contributed by atoms with Crippen LogP contribution in [0.4, 0.5) is 0 Å². The summed E-state index contributed by atoms with van der Waals surface area (Å²) in [5, 5.41) is 3.52. The molecule has 1 aromatic rings. The van der Waals surface area contributed by atoms with Gasteiger partial charge < -0.3 is 9.73 Å². The Hall–Kier alpha value is -0.800. The number of hydrogen-bond donors (Lipinski definition) is 1. The van der Waals surface area contributed by atoms with E-state index in [1.165, 1.54) is 12.8 Å². The van der Waals surface area contributed by atoms with Crippen LogP contribution < -0.4 is 5.32 Å². The average molecular weight is 236 g/mol. The van der Waals surface area contributed by atoms with Crippen molar-refractivity contribution in [3.63, 3.8) is 0 Å². The van der Waals surface area contributed by atoms with E-state index in [0.717, 1.165) is 24.9 Å². The second kappa shape index (κ2) is 5.69. The summed E-state index contributed by atoms with van der Waals surface area (Å²) >= 11 is 0. The zero-order chi connectivity index (χ0) is 12.3. The Morgan fingerprint density at radius 1 is 1.41 bits per heavy atom. The van der Waals surface area contributed by atoms with Gasteiger partial charge in [0, 0.05) is 25.2 Å². The summed E-state index contributed by atoms with van der Waals surface area (Å²) in [4.78, 5) is 2.60. The van der Waals surface area contributed by atoms with Crippen LogP contribution in [0.5, 0.6) is 0 Å². The van der Waals surface area contributed by atoms with Gasteiger partial charge >= 0.3 is 0 Å². The molecule has 3 heteroatoms. The molecule has 1 atom stereocenters. The van der Waals surface area contributed by atoms with E-state index in [1.54, 1.807) is 6.26 Å². The zero-order valence-corrected chi connectivity index (χ0v) is 11.1. The Morgan fingerprint density at radius 3 is 2.71 bits per heavy atom. The fourth-order valence-electron chi connectivity index (χ4n) is 2.32. The molecule has 1 aromatic heterocycles. The normalized spacial score (nSPS) is 17.9. The van der Waals surface area contributed by atoms with Gasteiger partial charge in [-0.1, -0.05) is 0 Å². The molecule has 0 spiro atoms. The van der Waals surface area contributed by atoms with Crippen molar-refractivity contribution in [2.75, 3.05) is 13.1 Å². The van der Waals surface area contributed by atoms with E-state index < -0.39 is 0 Å². The molecule has 0 bridgehead atoms. The zero-order valence-electron chi connectivity index (χ0n) is 11.1. The maximum absolute atomic E-state index is 5.38. The molecular weight excluding hydrogens is 212 g/mol. The smallest absolute Gasteiger partial charge is 0.120 e. The minimum atomic E-state index is 0.304. The highest BCUT2D eigenvalue weighted by Crippen LogP contribution is 2.28. The third-order valence-corrected chi connectivity index (χ3v) is 3.47. The summed E-state index contributed by atoms with van der Waals surface area (Å²) in [5.41, 5.74) is 0. The first-order chi connectivity index (χ1) is 8.18. The second-order valence-electron chi connectivity index (χ2n) is 5.25. The molecule has 3 nitrogen and oxygen atoms in total. The lowest BCUT2D eigenvalue weighted by atomic mass is 10.2. The summed E-state index contributed by atoms with van der Waals surface area (Å²) in [5.74, 6) is 1.02. The predicted octanol–water partition coefficient (Wildman–Crippen LogP) is 2.80. The van der Waals surface area contributed by atoms with Crippen molar-refractivity contribution >= 4 is 0 Å². The van der Waals surface area contributed by atoms with Gasteiger partial charge in [-0.15, -0.1) is 0 Å². The Kier molecular flexibility index (Phi) is 4.24. The lowest BCUT2D eigenvalue weighted by molar-refractivity contribution is 0.208. The van der Waals surface area contributed by atoms with Crippen molar-refractivity contribution < 1.29 is 4.42 Å². The van der Waals surface area contributed by atoms with E-state index in [2.05, 4.69) is 31.0 Å². The van der Waals surface area contributed by atoms with Gasteiger partial charge in [-0.3, -0.25) is 4.90 Å². The van der Waals surface area contributed by atoms with E-state index in [9.17, 15) is 0 Å². The molecule has 0 aliphatic heterocycles. The third-order valence-electron chi connectivity index (χ3n) is 3.47. The largest absolute Gasteiger partial charge is 0.468 e. The van der Waals surface area contributed by atoms with Gasteiger partial charge in [0.25, 0.3) is 0 Å². The summed E-state index contributed by atoms with van der Waals surface area (Å²) < 4.78 is 5.38. The molecule has 0 radical (unpaired) electrons. The van der Waals surface area contributed by atoms with Crippen LogP contribution in [-0.4, -0.2) is 30.1 Å². The topological polar surface area (TPSA) is 28.4 Å². The van der Waals surface area contributed by atoms with E-state index in [-0.39, 0.29) is 0 Å². The highest BCUT2D eigenvalue weighted by atomic mass is 16.3. The summed E-state index contributed by atoms with van der Waals surface area (Å²) in [7, 11) is 0. The van der Waals surface area contributed by atoms with Gasteiger partial charge in [0.15, 0.2) is 0 Å². The summed E-state index contributed by atoms with van der Waals surface area (Å²) in [6, 6.07) is 5.77. The monoisotopic (exact) mass is 236 g/mol. The maximum atomic E-state index is 5.38. The lowest BCUT2D eigenvalue weighted by Gasteiger charge is -2.27. The fraction of sp³-hybridized carbons (Fsp3) is 0.714. The molecule has 1 saturated carbocycles. The molecule has 1 fully saturated rings. The van der Waals surface area contributed by atoms with Gasteiger partial charge in [-0.05, 0) is 45.7 Å². The average Bonchev–Trinajstić information content (AvgIpc) is 2.96. The highest BCUT2D eigenvalue weighted by Gasteiger charge is 2.30. The number of nitrogens with one attached hydrogen (secondary N) is 1. The predicted molar refractivity (Wildman–Crippen MR) is 70.0 cm³/mol. The minimum absolute atomic E-state index is 0.304. The van der Waals surface area contributed by atoms with Crippen molar-refractivity contribution in [3.05, 3.63) is 24.2 Å². The van der Waals surface area contributed by atoms with Crippen LogP contribution in [0.15, 0.2) is 22.8 Å². The van der Waals surface area contributed by atoms with Crippen LogP contribution in [0.1, 0.15) is 45.4 Å². The van der Waals surface area contributed by atoms with Crippen molar-refractivity contribution in [1.29, 1.82) is 0 Å². The molecule has 17 heavy (non-hydrogen) atoms. The van der Waals surface area contributed by atoms with Crippen molar-refractivity contribution in [2.24, 2.45) is 0 Å². The third kappa shape index (κ3) is 3.58. The molecular formula is C14H24N2O. The second-order valence-corrected chi connectivity index (χ2v) is 5.25. The van der Waals surface area contributed by atoms with E-state index >= 15 is 0 Å². The molecule has 1 unspecified atom stereocenters. The number of hydrogen-bond acceptors (Lipinski definition) is 3.